The molecule has 2 N–H and O–H groups in total. The number of aromatic amines is 1. The lowest BCUT2D eigenvalue weighted by atomic mass is 10.2. The number of imidazole rings is 1. The van der Waals surface area contributed by atoms with Crippen LogP contribution in [0, 0.1) is 0 Å². The Kier molecular flexibility index (Phi) is 2.91. The quantitative estimate of drug-likeness (QED) is 0.757. The Morgan fingerprint density at radius 1 is 1.21 bits per heavy atom. The lowest BCUT2D eigenvalue weighted by molar-refractivity contribution is 0.373. The van der Waals surface area contributed by atoms with Crippen LogP contribution in [0.1, 0.15) is 0 Å². The monoisotopic (exact) mass is 318 g/mol. The molecular formula is C14H11BrN2O2. The summed E-state index contributed by atoms with van der Waals surface area (Å²) in [6, 6.07) is 11.0. The molecule has 0 unspecified atom stereocenters. The Morgan fingerprint density at radius 2 is 2.05 bits per heavy atom. The highest BCUT2D eigenvalue weighted by Gasteiger charge is 2.09. The highest BCUT2D eigenvalue weighted by Crippen LogP contribution is 2.31. The van der Waals surface area contributed by atoms with Gasteiger partial charge in [0.15, 0.2) is 11.5 Å². The van der Waals surface area contributed by atoms with E-state index in [1.54, 1.807) is 18.2 Å². The summed E-state index contributed by atoms with van der Waals surface area (Å²) in [7, 11) is 1.52. The predicted molar refractivity (Wildman–Crippen MR) is 77.4 cm³/mol. The number of ether oxygens (including phenoxy) is 1. The van der Waals surface area contributed by atoms with E-state index in [4.69, 9.17) is 4.74 Å². The van der Waals surface area contributed by atoms with Crippen LogP contribution in [0.5, 0.6) is 11.5 Å². The zero-order chi connectivity index (χ0) is 13.4. The minimum Gasteiger partial charge on any atom is -0.504 e. The summed E-state index contributed by atoms with van der Waals surface area (Å²) < 4.78 is 6.10. The van der Waals surface area contributed by atoms with E-state index in [1.165, 1.54) is 7.11 Å². The number of methoxy groups -OCH3 is 1. The molecule has 2 aromatic carbocycles. The third-order valence-electron chi connectivity index (χ3n) is 2.90. The molecule has 0 fully saturated rings. The highest BCUT2D eigenvalue weighted by molar-refractivity contribution is 9.10. The molecule has 0 aliphatic heterocycles. The number of halogens is 1. The lowest BCUT2D eigenvalue weighted by Gasteiger charge is -2.04. The van der Waals surface area contributed by atoms with Crippen molar-refractivity contribution in [1.82, 2.24) is 9.97 Å². The van der Waals surface area contributed by atoms with Crippen molar-refractivity contribution in [2.24, 2.45) is 0 Å². The van der Waals surface area contributed by atoms with Crippen molar-refractivity contribution in [3.8, 4) is 22.9 Å². The number of phenols is 1. The molecule has 1 aromatic heterocycles. The second-order valence-electron chi connectivity index (χ2n) is 4.13. The number of benzene rings is 2. The van der Waals surface area contributed by atoms with Gasteiger partial charge in [0.1, 0.15) is 5.82 Å². The number of aromatic hydroxyl groups is 1. The highest BCUT2D eigenvalue weighted by atomic mass is 79.9. The van der Waals surface area contributed by atoms with Crippen molar-refractivity contribution in [2.75, 3.05) is 7.11 Å². The number of fused-ring (bicyclic) bond motifs is 1. The van der Waals surface area contributed by atoms with Gasteiger partial charge in [0.05, 0.1) is 18.1 Å². The smallest absolute Gasteiger partial charge is 0.161 e. The predicted octanol–water partition coefficient (Wildman–Crippen LogP) is 3.71. The maximum absolute atomic E-state index is 9.60. The summed E-state index contributed by atoms with van der Waals surface area (Å²) in [4.78, 5) is 7.76. The van der Waals surface area contributed by atoms with Crippen LogP contribution in [0.25, 0.3) is 22.4 Å². The molecule has 0 spiro atoms. The van der Waals surface area contributed by atoms with Gasteiger partial charge in [0.2, 0.25) is 0 Å². The fourth-order valence-corrected chi connectivity index (χ4v) is 2.30. The van der Waals surface area contributed by atoms with Gasteiger partial charge in [-0.2, -0.15) is 0 Å². The molecule has 5 heteroatoms. The van der Waals surface area contributed by atoms with Crippen molar-refractivity contribution < 1.29 is 9.84 Å². The van der Waals surface area contributed by atoms with Crippen LogP contribution < -0.4 is 4.74 Å². The van der Waals surface area contributed by atoms with Gasteiger partial charge in [-0.25, -0.2) is 4.98 Å². The first-order valence-electron chi connectivity index (χ1n) is 5.70. The van der Waals surface area contributed by atoms with Crippen molar-refractivity contribution in [3.05, 3.63) is 40.9 Å². The van der Waals surface area contributed by atoms with Gasteiger partial charge >= 0.3 is 0 Å². The zero-order valence-corrected chi connectivity index (χ0v) is 11.7. The van der Waals surface area contributed by atoms with Crippen LogP contribution in [0.3, 0.4) is 0 Å². The molecule has 19 heavy (non-hydrogen) atoms. The Labute approximate surface area is 118 Å². The standard InChI is InChI=1S/C14H11BrN2O2/c1-19-13-6-8(2-5-12(13)18)14-16-10-4-3-9(15)7-11(10)17-14/h2-7,18H,1H3,(H,16,17). The molecule has 0 amide bonds. The summed E-state index contributed by atoms with van der Waals surface area (Å²) in [6.07, 6.45) is 0. The maximum atomic E-state index is 9.60. The van der Waals surface area contributed by atoms with Crippen LogP contribution in [-0.2, 0) is 0 Å². The van der Waals surface area contributed by atoms with Crippen LogP contribution in [-0.4, -0.2) is 22.2 Å². The minimum atomic E-state index is 0.116. The summed E-state index contributed by atoms with van der Waals surface area (Å²) in [5, 5.41) is 9.60. The number of nitrogens with zero attached hydrogens (tertiary/aromatic N) is 1. The molecule has 0 saturated heterocycles. The van der Waals surface area contributed by atoms with Crippen LogP contribution >= 0.6 is 15.9 Å². The first-order chi connectivity index (χ1) is 9.17. The average molecular weight is 319 g/mol. The molecule has 1 heterocycles. The molecular weight excluding hydrogens is 308 g/mol. The molecule has 0 radical (unpaired) electrons. The largest absolute Gasteiger partial charge is 0.504 e. The van der Waals surface area contributed by atoms with Gasteiger partial charge in [-0.1, -0.05) is 15.9 Å². The minimum absolute atomic E-state index is 0.116. The van der Waals surface area contributed by atoms with Gasteiger partial charge in [0.25, 0.3) is 0 Å². The number of aromatic nitrogens is 2. The Morgan fingerprint density at radius 3 is 2.84 bits per heavy atom. The second-order valence-corrected chi connectivity index (χ2v) is 5.05. The van der Waals surface area contributed by atoms with E-state index in [9.17, 15) is 5.11 Å². The zero-order valence-electron chi connectivity index (χ0n) is 10.1. The van der Waals surface area contributed by atoms with E-state index in [1.807, 2.05) is 18.2 Å². The molecule has 96 valence electrons. The normalized spacial score (nSPS) is 10.8. The molecule has 0 aliphatic carbocycles. The third kappa shape index (κ3) is 2.17. The topological polar surface area (TPSA) is 58.1 Å². The van der Waals surface area contributed by atoms with Gasteiger partial charge in [0, 0.05) is 10.0 Å². The van der Waals surface area contributed by atoms with Gasteiger partial charge in [-0.3, -0.25) is 0 Å². The number of rotatable bonds is 2. The van der Waals surface area contributed by atoms with E-state index in [0.717, 1.165) is 26.9 Å². The summed E-state index contributed by atoms with van der Waals surface area (Å²) in [5.74, 6) is 1.29. The number of H-pyrrole nitrogens is 1. The molecule has 4 nitrogen and oxygen atoms in total. The number of hydrogen-bond acceptors (Lipinski definition) is 3. The first kappa shape index (κ1) is 12.0. The summed E-state index contributed by atoms with van der Waals surface area (Å²) in [5.41, 5.74) is 2.71. The van der Waals surface area contributed by atoms with Crippen molar-refractivity contribution in [2.45, 2.75) is 0 Å². The Hall–Kier alpha value is -2.01. The van der Waals surface area contributed by atoms with Crippen LogP contribution in [0.15, 0.2) is 40.9 Å². The van der Waals surface area contributed by atoms with E-state index in [2.05, 4.69) is 25.9 Å². The summed E-state index contributed by atoms with van der Waals surface area (Å²) in [6.45, 7) is 0. The first-order valence-corrected chi connectivity index (χ1v) is 6.49. The van der Waals surface area contributed by atoms with E-state index in [0.29, 0.717) is 5.75 Å². The van der Waals surface area contributed by atoms with E-state index in [-0.39, 0.29) is 5.75 Å². The number of nitrogens with one attached hydrogen (secondary N) is 1. The Balaban J connectivity index is 2.13. The second kappa shape index (κ2) is 4.59. The molecule has 0 atom stereocenters. The summed E-state index contributed by atoms with van der Waals surface area (Å²) >= 11 is 3.43. The van der Waals surface area contributed by atoms with E-state index < -0.39 is 0 Å². The third-order valence-corrected chi connectivity index (χ3v) is 3.39. The Bertz CT molecular complexity index is 752. The molecule has 3 aromatic rings. The van der Waals surface area contributed by atoms with Gasteiger partial charge < -0.3 is 14.8 Å². The van der Waals surface area contributed by atoms with E-state index >= 15 is 0 Å². The van der Waals surface area contributed by atoms with Crippen molar-refractivity contribution in [1.29, 1.82) is 0 Å². The fourth-order valence-electron chi connectivity index (χ4n) is 1.94. The SMILES string of the molecule is COc1cc(-c2nc3ccc(Br)cc3[nH]2)ccc1O. The van der Waals surface area contributed by atoms with Crippen LogP contribution in [0.4, 0.5) is 0 Å². The molecule has 0 bridgehead atoms. The van der Waals surface area contributed by atoms with Crippen molar-refractivity contribution >= 4 is 27.0 Å². The van der Waals surface area contributed by atoms with Gasteiger partial charge in [-0.05, 0) is 36.4 Å². The maximum Gasteiger partial charge on any atom is 0.161 e. The lowest BCUT2D eigenvalue weighted by Crippen LogP contribution is -1.86. The molecule has 0 aliphatic rings. The average Bonchev–Trinajstić information content (AvgIpc) is 2.82. The van der Waals surface area contributed by atoms with Crippen molar-refractivity contribution in [3.63, 3.8) is 0 Å². The molecule has 3 rings (SSSR count). The fraction of sp³-hybridized carbons (Fsp3) is 0.0714. The van der Waals surface area contributed by atoms with Crippen LogP contribution in [0.2, 0.25) is 0 Å². The number of hydrogen-bond donors (Lipinski definition) is 2. The molecule has 0 saturated carbocycles. The van der Waals surface area contributed by atoms with Gasteiger partial charge in [-0.15, -0.1) is 0 Å². The number of phenolic OH excluding ortho intramolecular Hbond substituents is 1.